The van der Waals surface area contributed by atoms with E-state index in [1.54, 1.807) is 0 Å². The van der Waals surface area contributed by atoms with Crippen LogP contribution in [0.1, 0.15) is 29.0 Å². The molecule has 21 heavy (non-hydrogen) atoms. The predicted octanol–water partition coefficient (Wildman–Crippen LogP) is 0.346. The van der Waals surface area contributed by atoms with Gasteiger partial charge in [-0.05, 0) is 30.7 Å². The van der Waals surface area contributed by atoms with Crippen LogP contribution in [0.5, 0.6) is 0 Å². The first kappa shape index (κ1) is 14.8. The fourth-order valence-corrected chi connectivity index (χ4v) is 1.64. The summed E-state index contributed by atoms with van der Waals surface area (Å²) in [7, 11) is 0. The van der Waals surface area contributed by atoms with Crippen molar-refractivity contribution in [3.8, 4) is 5.69 Å². The summed E-state index contributed by atoms with van der Waals surface area (Å²) in [5, 5.41) is 20.1. The van der Waals surface area contributed by atoms with Crippen molar-refractivity contribution in [3.05, 3.63) is 35.7 Å². The van der Waals surface area contributed by atoms with E-state index >= 15 is 0 Å². The summed E-state index contributed by atoms with van der Waals surface area (Å²) >= 11 is 0. The van der Waals surface area contributed by atoms with Gasteiger partial charge in [-0.3, -0.25) is 9.59 Å². The fraction of sp³-hybridized carbons (Fsp3) is 0.308. The topological polar surface area (TPSA) is 124 Å². The smallest absolute Gasteiger partial charge is 0.320 e. The maximum absolute atomic E-state index is 11.8. The summed E-state index contributed by atoms with van der Waals surface area (Å²) in [5.41, 5.74) is 7.12. The van der Waals surface area contributed by atoms with Gasteiger partial charge in [0.25, 0.3) is 0 Å². The van der Waals surface area contributed by atoms with Crippen molar-refractivity contribution in [1.82, 2.24) is 20.2 Å². The summed E-state index contributed by atoms with van der Waals surface area (Å²) in [6, 6.07) is 6.34. The Bertz CT molecular complexity index is 650. The van der Waals surface area contributed by atoms with Crippen LogP contribution in [0.25, 0.3) is 5.69 Å². The number of nitrogens with two attached hydrogens (primary N) is 1. The number of carbonyl (C=O) groups excluding carboxylic acids is 1. The van der Waals surface area contributed by atoms with Crippen LogP contribution < -0.4 is 5.73 Å². The molecule has 0 spiro atoms. The van der Waals surface area contributed by atoms with E-state index in [9.17, 15) is 9.59 Å². The molecule has 0 aliphatic heterocycles. The van der Waals surface area contributed by atoms with Gasteiger partial charge in [-0.1, -0.05) is 17.7 Å². The molecular formula is C13H15N5O3. The van der Waals surface area contributed by atoms with Crippen LogP contribution >= 0.6 is 0 Å². The number of aryl methyl sites for hydroxylation is 1. The van der Waals surface area contributed by atoms with Gasteiger partial charge in [0, 0.05) is 6.42 Å². The normalized spacial score (nSPS) is 12.1. The predicted molar refractivity (Wildman–Crippen MR) is 73.1 cm³/mol. The van der Waals surface area contributed by atoms with Crippen LogP contribution in [0.2, 0.25) is 0 Å². The minimum absolute atomic E-state index is 0.0347. The molecule has 0 unspecified atom stereocenters. The molecule has 0 aliphatic carbocycles. The highest BCUT2D eigenvalue weighted by molar-refractivity contribution is 5.92. The van der Waals surface area contributed by atoms with E-state index in [1.165, 1.54) is 4.80 Å². The lowest BCUT2D eigenvalue weighted by molar-refractivity contribution is -0.138. The third-order valence-electron chi connectivity index (χ3n) is 2.93. The fourth-order valence-electron chi connectivity index (χ4n) is 1.64. The molecule has 1 aromatic carbocycles. The van der Waals surface area contributed by atoms with Gasteiger partial charge in [0.2, 0.25) is 11.6 Å². The molecule has 1 aromatic heterocycles. The maximum atomic E-state index is 11.8. The Morgan fingerprint density at radius 1 is 1.33 bits per heavy atom. The lowest BCUT2D eigenvalue weighted by Crippen LogP contribution is -2.30. The van der Waals surface area contributed by atoms with Gasteiger partial charge in [-0.25, -0.2) is 0 Å². The molecule has 0 radical (unpaired) electrons. The summed E-state index contributed by atoms with van der Waals surface area (Å²) in [6.07, 6.45) is 0.000294. The number of Topliss-reactive ketones (excluding diaryl/α,β-unsaturated/α-hetero) is 1. The van der Waals surface area contributed by atoms with Crippen molar-refractivity contribution < 1.29 is 14.7 Å². The Kier molecular flexibility index (Phi) is 4.39. The Hall–Kier alpha value is -2.61. The third-order valence-corrected chi connectivity index (χ3v) is 2.93. The minimum atomic E-state index is -1.14. The van der Waals surface area contributed by atoms with Gasteiger partial charge >= 0.3 is 5.97 Å². The van der Waals surface area contributed by atoms with Gasteiger partial charge in [0.05, 0.1) is 5.69 Å². The Morgan fingerprint density at radius 3 is 2.62 bits per heavy atom. The Balaban J connectivity index is 2.04. The number of carboxylic acid groups (broad SMARTS) is 1. The van der Waals surface area contributed by atoms with E-state index in [4.69, 9.17) is 10.8 Å². The Morgan fingerprint density at radius 2 is 2.00 bits per heavy atom. The van der Waals surface area contributed by atoms with E-state index in [-0.39, 0.29) is 24.4 Å². The van der Waals surface area contributed by atoms with Crippen LogP contribution in [-0.4, -0.2) is 43.1 Å². The largest absolute Gasteiger partial charge is 0.480 e. The number of carbonyl (C=O) groups is 2. The molecular weight excluding hydrogens is 274 g/mol. The first-order valence-electron chi connectivity index (χ1n) is 6.36. The van der Waals surface area contributed by atoms with E-state index < -0.39 is 12.0 Å². The minimum Gasteiger partial charge on any atom is -0.480 e. The molecule has 1 heterocycles. The highest BCUT2D eigenvalue weighted by atomic mass is 16.4. The van der Waals surface area contributed by atoms with Crippen LogP contribution in [0.15, 0.2) is 24.3 Å². The van der Waals surface area contributed by atoms with Crippen molar-refractivity contribution in [2.45, 2.75) is 25.8 Å². The summed E-state index contributed by atoms with van der Waals surface area (Å²) in [6.45, 7) is 1.96. The number of aliphatic carboxylic acids is 1. The van der Waals surface area contributed by atoms with Crippen molar-refractivity contribution in [2.24, 2.45) is 5.73 Å². The molecule has 0 saturated heterocycles. The molecule has 2 rings (SSSR count). The number of aromatic nitrogens is 4. The van der Waals surface area contributed by atoms with Crippen molar-refractivity contribution in [3.63, 3.8) is 0 Å². The van der Waals surface area contributed by atoms with Gasteiger partial charge in [-0.2, -0.15) is 0 Å². The SMILES string of the molecule is Cc1ccc(-n2nnc(C(=O)CC[C@H](N)C(=O)O)n2)cc1. The highest BCUT2D eigenvalue weighted by Gasteiger charge is 2.18. The number of carboxylic acids is 1. The molecule has 0 amide bonds. The molecule has 0 saturated carbocycles. The highest BCUT2D eigenvalue weighted by Crippen LogP contribution is 2.07. The molecule has 0 bridgehead atoms. The standard InChI is InChI=1S/C13H15N5O3/c1-8-2-4-9(5-3-8)18-16-12(15-17-18)11(19)7-6-10(14)13(20)21/h2-5,10H,6-7,14H2,1H3,(H,20,21)/t10-/m0/s1. The zero-order valence-corrected chi connectivity index (χ0v) is 11.4. The number of hydrogen-bond donors (Lipinski definition) is 2. The summed E-state index contributed by atoms with van der Waals surface area (Å²) < 4.78 is 0. The molecule has 0 fully saturated rings. The van der Waals surface area contributed by atoms with Crippen molar-refractivity contribution in [2.75, 3.05) is 0 Å². The third kappa shape index (κ3) is 3.69. The summed E-state index contributed by atoms with van der Waals surface area (Å²) in [4.78, 5) is 23.7. The van der Waals surface area contributed by atoms with Gasteiger partial charge in [-0.15, -0.1) is 15.0 Å². The van der Waals surface area contributed by atoms with E-state index in [1.807, 2.05) is 31.2 Å². The average Bonchev–Trinajstić information content (AvgIpc) is 2.94. The van der Waals surface area contributed by atoms with E-state index in [2.05, 4.69) is 15.4 Å². The quantitative estimate of drug-likeness (QED) is 0.735. The van der Waals surface area contributed by atoms with Crippen LogP contribution in [0, 0.1) is 6.92 Å². The van der Waals surface area contributed by atoms with Crippen molar-refractivity contribution >= 4 is 11.8 Å². The first-order valence-corrected chi connectivity index (χ1v) is 6.36. The molecule has 8 nitrogen and oxygen atoms in total. The lowest BCUT2D eigenvalue weighted by Gasteiger charge is -2.03. The monoisotopic (exact) mass is 289 g/mol. The number of benzene rings is 1. The molecule has 2 aromatic rings. The van der Waals surface area contributed by atoms with Crippen LogP contribution in [0.3, 0.4) is 0 Å². The zero-order valence-electron chi connectivity index (χ0n) is 11.4. The second kappa shape index (κ2) is 6.23. The maximum Gasteiger partial charge on any atom is 0.320 e. The van der Waals surface area contributed by atoms with Gasteiger partial charge < -0.3 is 10.8 Å². The lowest BCUT2D eigenvalue weighted by atomic mass is 10.1. The van der Waals surface area contributed by atoms with Crippen LogP contribution in [-0.2, 0) is 4.79 Å². The van der Waals surface area contributed by atoms with Gasteiger partial charge in [0.1, 0.15) is 6.04 Å². The number of hydrogen-bond acceptors (Lipinski definition) is 6. The molecule has 3 N–H and O–H groups in total. The number of ketones is 1. The molecule has 8 heteroatoms. The zero-order chi connectivity index (χ0) is 15.4. The number of rotatable bonds is 6. The molecule has 1 atom stereocenters. The molecule has 110 valence electrons. The second-order valence-corrected chi connectivity index (χ2v) is 4.64. The van der Waals surface area contributed by atoms with E-state index in [0.29, 0.717) is 5.69 Å². The number of nitrogens with zero attached hydrogens (tertiary/aromatic N) is 4. The van der Waals surface area contributed by atoms with Crippen LogP contribution in [0.4, 0.5) is 0 Å². The molecule has 0 aliphatic rings. The van der Waals surface area contributed by atoms with E-state index in [0.717, 1.165) is 5.56 Å². The first-order chi connectivity index (χ1) is 9.97. The number of tetrazole rings is 1. The average molecular weight is 289 g/mol. The second-order valence-electron chi connectivity index (χ2n) is 4.64. The Labute approximate surface area is 120 Å². The van der Waals surface area contributed by atoms with Gasteiger partial charge in [0.15, 0.2) is 0 Å². The summed E-state index contributed by atoms with van der Waals surface area (Å²) in [5.74, 6) is -1.57. The van der Waals surface area contributed by atoms with Crippen molar-refractivity contribution in [1.29, 1.82) is 0 Å².